The van der Waals surface area contributed by atoms with Gasteiger partial charge in [-0.05, 0) is 43.9 Å². The topological polar surface area (TPSA) is 39.4 Å². The Morgan fingerprint density at radius 2 is 2.04 bits per heavy atom. The van der Waals surface area contributed by atoms with Crippen LogP contribution in [-0.2, 0) is 12.6 Å². The third-order valence-electron chi connectivity index (χ3n) is 3.82. The maximum Gasteiger partial charge on any atom is 0.417 e. The minimum absolute atomic E-state index is 0.104. The first-order valence-electron chi connectivity index (χ1n) is 8.35. The average Bonchev–Trinajstić information content (AvgIpc) is 2.53. The molecule has 7 heteroatoms. The van der Waals surface area contributed by atoms with Crippen LogP contribution in [0.15, 0.2) is 45.8 Å². The first-order valence-corrected chi connectivity index (χ1v) is 8.73. The summed E-state index contributed by atoms with van der Waals surface area (Å²) in [6.07, 6.45) is -1.47. The lowest BCUT2D eigenvalue weighted by molar-refractivity contribution is -0.137. The average molecular weight is 401 g/mol. The van der Waals surface area contributed by atoms with E-state index < -0.39 is 22.9 Å². The monoisotopic (exact) mass is 400 g/mol. The van der Waals surface area contributed by atoms with E-state index in [0.717, 1.165) is 0 Å². The van der Waals surface area contributed by atoms with E-state index in [2.05, 4.69) is 6.58 Å². The molecular weight excluding hydrogens is 381 g/mol. The minimum atomic E-state index is -4.73. The molecule has 2 rings (SSSR count). The molecule has 0 bridgehead atoms. The summed E-state index contributed by atoms with van der Waals surface area (Å²) < 4.78 is 51.7. The first kappa shape index (κ1) is 21.1. The highest BCUT2D eigenvalue weighted by atomic mass is 35.5. The number of alkyl halides is 3. The number of halogens is 4. The van der Waals surface area contributed by atoms with Crippen molar-refractivity contribution in [3.05, 3.63) is 63.2 Å². The van der Waals surface area contributed by atoms with E-state index in [0.29, 0.717) is 5.57 Å². The summed E-state index contributed by atoms with van der Waals surface area (Å²) in [5.74, 6) is 0.321. The predicted octanol–water partition coefficient (Wildman–Crippen LogP) is 6.52. The van der Waals surface area contributed by atoms with Crippen LogP contribution in [0.2, 0.25) is 5.02 Å². The van der Waals surface area contributed by atoms with Crippen molar-refractivity contribution in [2.75, 3.05) is 0 Å². The van der Waals surface area contributed by atoms with Crippen LogP contribution < -0.4 is 10.4 Å². The van der Waals surface area contributed by atoms with Gasteiger partial charge in [-0.25, -0.2) is 4.79 Å². The van der Waals surface area contributed by atoms with E-state index in [9.17, 15) is 18.0 Å². The molecule has 2 aromatic rings. The van der Waals surface area contributed by atoms with Gasteiger partial charge in [0.1, 0.15) is 10.8 Å². The number of hydrogen-bond donors (Lipinski definition) is 0. The number of rotatable bonds is 6. The summed E-state index contributed by atoms with van der Waals surface area (Å²) in [7, 11) is 0. The maximum atomic E-state index is 13.7. The third-order valence-corrected chi connectivity index (χ3v) is 4.18. The lowest BCUT2D eigenvalue weighted by Gasteiger charge is -2.15. The molecule has 0 N–H and O–H groups in total. The number of benzene rings is 1. The van der Waals surface area contributed by atoms with Crippen LogP contribution >= 0.6 is 11.6 Å². The second-order valence-electron chi connectivity index (χ2n) is 6.64. The zero-order valence-corrected chi connectivity index (χ0v) is 16.0. The zero-order chi connectivity index (χ0) is 20.4. The van der Waals surface area contributed by atoms with Crippen molar-refractivity contribution in [1.82, 2.24) is 0 Å². The van der Waals surface area contributed by atoms with E-state index in [-0.39, 0.29) is 40.5 Å². The molecule has 0 saturated heterocycles. The highest BCUT2D eigenvalue weighted by Gasteiger charge is 2.38. The van der Waals surface area contributed by atoms with Gasteiger partial charge in [0, 0.05) is 5.39 Å². The minimum Gasteiger partial charge on any atom is -0.464 e. The summed E-state index contributed by atoms with van der Waals surface area (Å²) in [6.45, 7) is 9.21. The lowest BCUT2D eigenvalue weighted by atomic mass is 9.99. The van der Waals surface area contributed by atoms with Crippen LogP contribution in [0.5, 0.6) is 5.75 Å². The van der Waals surface area contributed by atoms with Gasteiger partial charge in [-0.1, -0.05) is 31.0 Å². The van der Waals surface area contributed by atoms with Gasteiger partial charge in [0.15, 0.2) is 5.58 Å². The fourth-order valence-corrected chi connectivity index (χ4v) is 2.75. The van der Waals surface area contributed by atoms with Gasteiger partial charge < -0.3 is 9.15 Å². The fraction of sp³-hybridized carbons (Fsp3) is 0.350. The van der Waals surface area contributed by atoms with Gasteiger partial charge in [0.25, 0.3) is 0 Å². The van der Waals surface area contributed by atoms with Gasteiger partial charge in [0.05, 0.1) is 17.4 Å². The van der Waals surface area contributed by atoms with Crippen LogP contribution in [-0.4, -0.2) is 0 Å². The SMILES string of the molecule is C=C(C)CCc1c(C(F)(F)F)c2ccc(OC=CC(C)C)c(Cl)c2oc1=O. The Hall–Kier alpha value is -2.21. The van der Waals surface area contributed by atoms with Crippen LogP contribution in [0.1, 0.15) is 38.3 Å². The Balaban J connectivity index is 2.67. The second kappa shape index (κ2) is 8.21. The summed E-state index contributed by atoms with van der Waals surface area (Å²) in [5, 5.41) is -0.459. The normalized spacial score (nSPS) is 12.3. The Kier molecular flexibility index (Phi) is 6.42. The van der Waals surface area contributed by atoms with Crippen LogP contribution in [0, 0.1) is 5.92 Å². The molecule has 0 fully saturated rings. The largest absolute Gasteiger partial charge is 0.464 e. The molecule has 0 radical (unpaired) electrons. The van der Waals surface area contributed by atoms with E-state index in [1.807, 2.05) is 13.8 Å². The fourth-order valence-electron chi connectivity index (χ4n) is 2.50. The number of allylic oxidation sites excluding steroid dienone is 2. The molecule has 3 nitrogen and oxygen atoms in total. The second-order valence-corrected chi connectivity index (χ2v) is 7.02. The maximum absolute atomic E-state index is 13.7. The molecule has 0 saturated carbocycles. The van der Waals surface area contributed by atoms with Crippen LogP contribution in [0.4, 0.5) is 13.2 Å². The molecule has 27 heavy (non-hydrogen) atoms. The lowest BCUT2D eigenvalue weighted by Crippen LogP contribution is -2.19. The molecule has 0 atom stereocenters. The van der Waals surface area contributed by atoms with Crippen molar-refractivity contribution in [3.8, 4) is 5.75 Å². The van der Waals surface area contributed by atoms with Gasteiger partial charge in [-0.3, -0.25) is 0 Å². The molecule has 0 aliphatic carbocycles. The molecular formula is C20H20ClF3O3. The Bertz CT molecular complexity index is 940. The van der Waals surface area contributed by atoms with Gasteiger partial charge in [0.2, 0.25) is 0 Å². The molecule has 1 aromatic carbocycles. The summed E-state index contributed by atoms with van der Waals surface area (Å²) >= 11 is 6.16. The summed E-state index contributed by atoms with van der Waals surface area (Å²) in [5.41, 5.74) is -2.19. The number of ether oxygens (including phenoxy) is 1. The van der Waals surface area contributed by atoms with Crippen molar-refractivity contribution in [3.63, 3.8) is 0 Å². The van der Waals surface area contributed by atoms with Crippen molar-refractivity contribution >= 4 is 22.6 Å². The smallest absolute Gasteiger partial charge is 0.417 e. The summed E-state index contributed by atoms with van der Waals surface area (Å²) in [6, 6.07) is 2.53. The van der Waals surface area contributed by atoms with E-state index >= 15 is 0 Å². The van der Waals surface area contributed by atoms with Crippen molar-refractivity contribution in [1.29, 1.82) is 0 Å². The molecule has 146 valence electrons. The van der Waals surface area contributed by atoms with Crippen molar-refractivity contribution in [2.24, 2.45) is 5.92 Å². The Morgan fingerprint density at radius 3 is 2.59 bits per heavy atom. The summed E-state index contributed by atoms with van der Waals surface area (Å²) in [4.78, 5) is 12.3. The molecule has 0 amide bonds. The molecule has 0 spiro atoms. The number of hydrogen-bond acceptors (Lipinski definition) is 3. The molecule has 1 aromatic heterocycles. The molecule has 0 aliphatic rings. The van der Waals surface area contributed by atoms with Gasteiger partial charge in [-0.15, -0.1) is 6.58 Å². The van der Waals surface area contributed by atoms with Crippen LogP contribution in [0.3, 0.4) is 0 Å². The zero-order valence-electron chi connectivity index (χ0n) is 15.2. The highest BCUT2D eigenvalue weighted by molar-refractivity contribution is 6.36. The predicted molar refractivity (Wildman–Crippen MR) is 100 cm³/mol. The van der Waals surface area contributed by atoms with Gasteiger partial charge in [-0.2, -0.15) is 13.2 Å². The first-order chi connectivity index (χ1) is 12.5. The van der Waals surface area contributed by atoms with E-state index in [4.69, 9.17) is 20.8 Å². The third kappa shape index (κ3) is 4.95. The highest BCUT2D eigenvalue weighted by Crippen LogP contribution is 2.41. The van der Waals surface area contributed by atoms with Gasteiger partial charge >= 0.3 is 11.8 Å². The van der Waals surface area contributed by atoms with Crippen LogP contribution in [0.25, 0.3) is 11.0 Å². The standard InChI is InChI=1S/C20H20ClF3O3/c1-11(2)5-6-14-16(20(22,23)24)13-7-8-15(26-10-9-12(3)4)17(21)18(13)27-19(14)25/h7-10,12H,1,5-6H2,2-4H3. The number of fused-ring (bicyclic) bond motifs is 1. The molecule has 0 aliphatic heterocycles. The Labute approximate surface area is 160 Å². The van der Waals surface area contributed by atoms with E-state index in [1.165, 1.54) is 18.4 Å². The quantitative estimate of drug-likeness (QED) is 0.314. The van der Waals surface area contributed by atoms with E-state index in [1.54, 1.807) is 13.0 Å². The molecule has 0 unspecified atom stereocenters. The van der Waals surface area contributed by atoms with Crippen molar-refractivity contribution < 1.29 is 22.3 Å². The Morgan fingerprint density at radius 1 is 1.37 bits per heavy atom. The van der Waals surface area contributed by atoms with Crippen molar-refractivity contribution in [2.45, 2.75) is 39.8 Å². The molecule has 1 heterocycles.